The molecule has 0 aliphatic heterocycles. The van der Waals surface area contributed by atoms with Crippen molar-refractivity contribution in [1.29, 1.82) is 0 Å². The van der Waals surface area contributed by atoms with Gasteiger partial charge in [-0.1, -0.05) is 18.2 Å². The molecule has 0 spiro atoms. The van der Waals surface area contributed by atoms with E-state index < -0.39 is 27.7 Å². The number of halogens is 3. The first-order valence-electron chi connectivity index (χ1n) is 12.0. The van der Waals surface area contributed by atoms with Crippen LogP contribution in [-0.4, -0.2) is 23.9 Å². The molecule has 40 heavy (non-hydrogen) atoms. The summed E-state index contributed by atoms with van der Waals surface area (Å²) in [6.45, 7) is 1.54. The van der Waals surface area contributed by atoms with Crippen LogP contribution < -0.4 is 9.46 Å². The maximum absolute atomic E-state index is 12.8. The van der Waals surface area contributed by atoms with Crippen molar-refractivity contribution in [3.63, 3.8) is 0 Å². The molecule has 0 atom stereocenters. The minimum absolute atomic E-state index is 0.00339. The largest absolute Gasteiger partial charge is 0.487 e. The van der Waals surface area contributed by atoms with E-state index in [-0.39, 0.29) is 23.9 Å². The van der Waals surface area contributed by atoms with Gasteiger partial charge in [-0.2, -0.15) is 13.2 Å². The molecule has 3 aromatic carbocycles. The highest BCUT2D eigenvalue weighted by Crippen LogP contribution is 2.31. The van der Waals surface area contributed by atoms with E-state index in [4.69, 9.17) is 9.15 Å². The Morgan fingerprint density at radius 2 is 1.75 bits per heavy atom. The zero-order chi connectivity index (χ0) is 28.5. The first-order chi connectivity index (χ1) is 19.0. The summed E-state index contributed by atoms with van der Waals surface area (Å²) < 4.78 is 78.5. The number of nitrogens with zero attached hydrogens (tertiary/aromatic N) is 2. The van der Waals surface area contributed by atoms with Gasteiger partial charge in [0.15, 0.2) is 0 Å². The zero-order valence-corrected chi connectivity index (χ0v) is 21.8. The molecular formula is C28H22F3N3O5S. The van der Waals surface area contributed by atoms with Crippen LogP contribution in [-0.2, 0) is 34.1 Å². The Kier molecular flexibility index (Phi) is 7.11. The lowest BCUT2D eigenvalue weighted by Gasteiger charge is -2.09. The molecule has 0 radical (unpaired) electrons. The molecule has 8 nitrogen and oxygen atoms in total. The Morgan fingerprint density at radius 3 is 2.45 bits per heavy atom. The van der Waals surface area contributed by atoms with E-state index in [2.05, 4.69) is 9.71 Å². The number of fused-ring (bicyclic) bond motifs is 1. The van der Waals surface area contributed by atoms with Gasteiger partial charge in [0.25, 0.3) is 15.9 Å². The lowest BCUT2D eigenvalue weighted by Crippen LogP contribution is -2.33. The number of oxazole rings is 1. The Bertz CT molecular complexity index is 1780. The van der Waals surface area contributed by atoms with E-state index in [0.29, 0.717) is 28.3 Å². The number of carbonyl (C=O) groups is 1. The van der Waals surface area contributed by atoms with Crippen molar-refractivity contribution in [2.24, 2.45) is 0 Å². The second-order valence-electron chi connectivity index (χ2n) is 8.89. The smallest absolute Gasteiger partial charge is 0.416 e. The Morgan fingerprint density at radius 1 is 1.02 bits per heavy atom. The van der Waals surface area contributed by atoms with Gasteiger partial charge in [-0.25, -0.2) is 18.1 Å². The van der Waals surface area contributed by atoms with E-state index in [1.54, 1.807) is 60.2 Å². The highest BCUT2D eigenvalue weighted by molar-refractivity contribution is 7.90. The quantitative estimate of drug-likeness (QED) is 0.257. The number of hydrogen-bond donors (Lipinski definition) is 1. The van der Waals surface area contributed by atoms with Crippen LogP contribution in [0.3, 0.4) is 0 Å². The number of alkyl halides is 3. The molecule has 0 fully saturated rings. The lowest BCUT2D eigenvalue weighted by molar-refractivity contribution is -0.137. The van der Waals surface area contributed by atoms with Crippen LogP contribution in [0.2, 0.25) is 0 Å². The van der Waals surface area contributed by atoms with Gasteiger partial charge in [0, 0.05) is 22.7 Å². The molecule has 2 heterocycles. The Balaban J connectivity index is 1.24. The first-order valence-corrected chi connectivity index (χ1v) is 13.4. The van der Waals surface area contributed by atoms with Crippen molar-refractivity contribution in [2.45, 2.75) is 31.1 Å². The summed E-state index contributed by atoms with van der Waals surface area (Å²) in [6.07, 6.45) is -2.76. The van der Waals surface area contributed by atoms with Gasteiger partial charge in [0.05, 0.1) is 10.5 Å². The van der Waals surface area contributed by atoms with E-state index in [1.807, 2.05) is 0 Å². The van der Waals surface area contributed by atoms with Crippen LogP contribution >= 0.6 is 0 Å². The number of ether oxygens (including phenoxy) is 1. The summed E-state index contributed by atoms with van der Waals surface area (Å²) in [4.78, 5) is 16.8. The van der Waals surface area contributed by atoms with Gasteiger partial charge in [-0.15, -0.1) is 0 Å². The van der Waals surface area contributed by atoms with Crippen molar-refractivity contribution in [1.82, 2.24) is 14.3 Å². The maximum Gasteiger partial charge on any atom is 0.416 e. The van der Waals surface area contributed by atoms with Crippen molar-refractivity contribution in [3.8, 4) is 17.2 Å². The molecule has 5 rings (SSSR count). The SMILES string of the molecule is Cc1oc(-c2ccc(C(F)(F)F)cc2)nc1COc1ccc2c(ccn2CC(=O)NS(=O)(=O)c2ccccc2)c1. The molecule has 0 unspecified atom stereocenters. The second kappa shape index (κ2) is 10.5. The van der Waals surface area contributed by atoms with Crippen molar-refractivity contribution in [3.05, 3.63) is 102 Å². The second-order valence-corrected chi connectivity index (χ2v) is 10.6. The van der Waals surface area contributed by atoms with Gasteiger partial charge >= 0.3 is 6.18 Å². The maximum atomic E-state index is 12.8. The van der Waals surface area contributed by atoms with E-state index in [1.165, 1.54) is 24.3 Å². The van der Waals surface area contributed by atoms with Crippen LogP contribution in [0.5, 0.6) is 5.75 Å². The summed E-state index contributed by atoms with van der Waals surface area (Å²) in [5.74, 6) is 0.482. The van der Waals surface area contributed by atoms with E-state index >= 15 is 0 Å². The number of hydrogen-bond acceptors (Lipinski definition) is 6. The number of sulfonamides is 1. The fourth-order valence-electron chi connectivity index (χ4n) is 4.04. The standard InChI is InChI=1S/C28H22F3N3O5S/c1-18-24(32-27(39-18)19-7-9-21(10-8-19)28(29,30)31)17-38-22-11-12-25-20(15-22)13-14-34(25)16-26(35)33-40(36,37)23-5-3-2-4-6-23/h2-15H,16-17H2,1H3,(H,33,35). The molecule has 206 valence electrons. The van der Waals surface area contributed by atoms with Gasteiger partial charge in [-0.3, -0.25) is 4.79 Å². The first kappa shape index (κ1) is 27.0. The van der Waals surface area contributed by atoms with Crippen LogP contribution in [0.4, 0.5) is 13.2 Å². The summed E-state index contributed by atoms with van der Waals surface area (Å²) in [6, 6.07) is 19.1. The van der Waals surface area contributed by atoms with E-state index in [9.17, 15) is 26.4 Å². The van der Waals surface area contributed by atoms with Gasteiger partial charge < -0.3 is 13.7 Å². The average Bonchev–Trinajstić information content (AvgIpc) is 3.49. The third-order valence-electron chi connectivity index (χ3n) is 6.09. The van der Waals surface area contributed by atoms with Crippen LogP contribution in [0.1, 0.15) is 17.0 Å². The fraction of sp³-hybridized carbons (Fsp3) is 0.143. The monoisotopic (exact) mass is 569 g/mol. The number of rotatable bonds is 8. The third kappa shape index (κ3) is 5.86. The van der Waals surface area contributed by atoms with Gasteiger partial charge in [0.1, 0.15) is 30.4 Å². The highest BCUT2D eigenvalue weighted by atomic mass is 32.2. The van der Waals surface area contributed by atoms with Crippen LogP contribution in [0, 0.1) is 6.92 Å². The van der Waals surface area contributed by atoms with Crippen LogP contribution in [0.15, 0.2) is 94.4 Å². The van der Waals surface area contributed by atoms with Crippen molar-refractivity contribution in [2.75, 3.05) is 0 Å². The van der Waals surface area contributed by atoms with Crippen LogP contribution in [0.25, 0.3) is 22.4 Å². The third-order valence-corrected chi connectivity index (χ3v) is 7.47. The van der Waals surface area contributed by atoms with Crippen molar-refractivity contribution < 1.29 is 35.5 Å². The number of aromatic nitrogens is 2. The summed E-state index contributed by atoms with van der Waals surface area (Å²) in [5, 5.41) is 0.763. The zero-order valence-electron chi connectivity index (χ0n) is 21.0. The number of benzene rings is 3. The molecule has 1 amide bonds. The molecule has 0 aliphatic carbocycles. The molecule has 12 heteroatoms. The fourth-order valence-corrected chi connectivity index (χ4v) is 5.04. The predicted octanol–water partition coefficient (Wildman–Crippen LogP) is 5.71. The van der Waals surface area contributed by atoms with E-state index in [0.717, 1.165) is 17.5 Å². The molecule has 0 saturated heterocycles. The molecule has 0 aliphatic rings. The Labute approximate surface area is 227 Å². The lowest BCUT2D eigenvalue weighted by atomic mass is 10.1. The predicted molar refractivity (Wildman–Crippen MR) is 140 cm³/mol. The number of nitrogens with one attached hydrogen (secondary N) is 1. The summed E-state index contributed by atoms with van der Waals surface area (Å²) >= 11 is 0. The molecule has 2 aromatic heterocycles. The minimum Gasteiger partial charge on any atom is -0.487 e. The van der Waals surface area contributed by atoms with Gasteiger partial charge in [-0.05, 0) is 67.6 Å². The van der Waals surface area contributed by atoms with Gasteiger partial charge in [0.2, 0.25) is 5.89 Å². The molecular weight excluding hydrogens is 547 g/mol. The molecule has 0 saturated carbocycles. The molecule has 5 aromatic rings. The normalized spacial score (nSPS) is 12.0. The van der Waals surface area contributed by atoms with Crippen molar-refractivity contribution >= 4 is 26.8 Å². The Hall–Kier alpha value is -4.58. The summed E-state index contributed by atoms with van der Waals surface area (Å²) in [7, 11) is -3.98. The minimum atomic E-state index is -4.43. The molecule has 0 bridgehead atoms. The summed E-state index contributed by atoms with van der Waals surface area (Å²) in [5.41, 5.74) is 0.835. The number of aryl methyl sites for hydroxylation is 1. The highest BCUT2D eigenvalue weighted by Gasteiger charge is 2.30. The average molecular weight is 570 g/mol. The topological polar surface area (TPSA) is 103 Å². The number of amides is 1. The number of carbonyl (C=O) groups excluding carboxylic acids is 1. The molecule has 1 N–H and O–H groups in total.